The van der Waals surface area contributed by atoms with Crippen LogP contribution in [0, 0.1) is 12.8 Å². The molecule has 3 aromatic rings. The molecule has 0 atom stereocenters. The Hall–Kier alpha value is -3.21. The number of furan rings is 1. The van der Waals surface area contributed by atoms with Crippen molar-refractivity contribution in [2.24, 2.45) is 5.92 Å². The second-order valence-corrected chi connectivity index (χ2v) is 8.90. The fourth-order valence-corrected chi connectivity index (χ4v) is 4.52. The topological polar surface area (TPSA) is 51.9 Å². The molecule has 1 amide bonds. The first kappa shape index (κ1) is 23.0. The van der Waals surface area contributed by atoms with E-state index in [2.05, 4.69) is 13.0 Å². The minimum absolute atomic E-state index is 0.0715. The van der Waals surface area contributed by atoms with Gasteiger partial charge >= 0.3 is 0 Å². The predicted molar refractivity (Wildman–Crippen MR) is 133 cm³/mol. The lowest BCUT2D eigenvalue weighted by molar-refractivity contribution is -0.127. The highest BCUT2D eigenvalue weighted by Gasteiger charge is 2.22. The van der Waals surface area contributed by atoms with E-state index in [1.807, 2.05) is 49.9 Å². The average molecular weight is 448 g/mol. The van der Waals surface area contributed by atoms with Crippen LogP contribution in [0.5, 0.6) is 11.5 Å². The van der Waals surface area contributed by atoms with Crippen LogP contribution >= 0.6 is 0 Å². The van der Waals surface area contributed by atoms with Gasteiger partial charge in [-0.15, -0.1) is 0 Å². The molecule has 0 radical (unpaired) electrons. The van der Waals surface area contributed by atoms with E-state index >= 15 is 0 Å². The van der Waals surface area contributed by atoms with Crippen LogP contribution in [0.25, 0.3) is 27.7 Å². The average Bonchev–Trinajstić information content (AvgIpc) is 3.25. The Morgan fingerprint density at radius 1 is 1.21 bits per heavy atom. The summed E-state index contributed by atoms with van der Waals surface area (Å²) in [6.07, 6.45) is 5.67. The van der Waals surface area contributed by atoms with Crippen LogP contribution in [0.1, 0.15) is 44.7 Å². The summed E-state index contributed by atoms with van der Waals surface area (Å²) >= 11 is 0. The highest BCUT2D eigenvalue weighted by atomic mass is 16.5. The van der Waals surface area contributed by atoms with Crippen molar-refractivity contribution in [3.63, 3.8) is 0 Å². The summed E-state index contributed by atoms with van der Waals surface area (Å²) in [5.74, 6) is 2.34. The van der Waals surface area contributed by atoms with Crippen LogP contribution in [0.3, 0.4) is 0 Å². The number of rotatable bonds is 6. The number of aryl methyl sites for hydroxylation is 1. The minimum atomic E-state index is 0.0715. The molecule has 0 N–H and O–H groups in total. The zero-order valence-electron chi connectivity index (χ0n) is 20.2. The molecular formula is C28H33NO4. The first-order valence-electron chi connectivity index (χ1n) is 11.7. The number of benzene rings is 2. The summed E-state index contributed by atoms with van der Waals surface area (Å²) in [5.41, 5.74) is 5.62. The van der Waals surface area contributed by atoms with Gasteiger partial charge in [0.05, 0.1) is 20.0 Å². The molecule has 1 aliphatic heterocycles. The second-order valence-electron chi connectivity index (χ2n) is 8.90. The third kappa shape index (κ3) is 4.63. The molecule has 0 bridgehead atoms. The molecule has 174 valence electrons. The van der Waals surface area contributed by atoms with Crippen molar-refractivity contribution in [2.75, 3.05) is 26.8 Å². The maximum absolute atomic E-state index is 13.0. The number of ether oxygens (including phenoxy) is 2. The number of amides is 1. The molecule has 5 heteroatoms. The number of hydrogen-bond acceptors (Lipinski definition) is 4. The largest absolute Gasteiger partial charge is 0.497 e. The van der Waals surface area contributed by atoms with Gasteiger partial charge in [0.2, 0.25) is 5.91 Å². The lowest BCUT2D eigenvalue weighted by Gasteiger charge is -2.29. The quantitative estimate of drug-likeness (QED) is 0.406. The van der Waals surface area contributed by atoms with Crippen LogP contribution in [0.4, 0.5) is 0 Å². The van der Waals surface area contributed by atoms with Crippen molar-refractivity contribution in [3.05, 3.63) is 53.8 Å². The summed E-state index contributed by atoms with van der Waals surface area (Å²) in [6, 6.07) is 10.0. The lowest BCUT2D eigenvalue weighted by Crippen LogP contribution is -2.36. The number of likely N-dealkylation sites (tertiary alicyclic amines) is 1. The van der Waals surface area contributed by atoms with Crippen molar-refractivity contribution in [1.82, 2.24) is 4.90 Å². The maximum atomic E-state index is 13.0. The van der Waals surface area contributed by atoms with Gasteiger partial charge in [-0.05, 0) is 68.9 Å². The number of piperidine rings is 1. The van der Waals surface area contributed by atoms with Crippen molar-refractivity contribution < 1.29 is 18.7 Å². The number of methoxy groups -OCH3 is 1. The molecule has 0 spiro atoms. The van der Waals surface area contributed by atoms with Crippen molar-refractivity contribution in [3.8, 4) is 22.6 Å². The molecule has 0 aliphatic carbocycles. The van der Waals surface area contributed by atoms with Crippen LogP contribution in [0.15, 0.2) is 47.1 Å². The van der Waals surface area contributed by atoms with Crippen molar-refractivity contribution in [1.29, 1.82) is 0 Å². The zero-order chi connectivity index (χ0) is 23.5. The summed E-state index contributed by atoms with van der Waals surface area (Å²) in [7, 11) is 1.66. The summed E-state index contributed by atoms with van der Waals surface area (Å²) in [4.78, 5) is 14.9. The molecule has 5 nitrogen and oxygen atoms in total. The summed E-state index contributed by atoms with van der Waals surface area (Å²) < 4.78 is 17.3. The van der Waals surface area contributed by atoms with Gasteiger partial charge in [0.15, 0.2) is 0 Å². The second kappa shape index (κ2) is 9.74. The van der Waals surface area contributed by atoms with E-state index < -0.39 is 0 Å². The Bertz CT molecular complexity index is 1160. The third-order valence-corrected chi connectivity index (χ3v) is 6.59. The van der Waals surface area contributed by atoms with Crippen LogP contribution in [-0.4, -0.2) is 37.6 Å². The Morgan fingerprint density at radius 3 is 2.55 bits per heavy atom. The number of nitrogens with zero attached hydrogens (tertiary/aromatic N) is 1. The highest BCUT2D eigenvalue weighted by molar-refractivity contribution is 6.01. The molecule has 1 saturated heterocycles. The Labute approximate surface area is 196 Å². The van der Waals surface area contributed by atoms with Crippen LogP contribution in [0.2, 0.25) is 0 Å². The number of allylic oxidation sites excluding steroid dienone is 1. The van der Waals surface area contributed by atoms with Gasteiger partial charge in [-0.2, -0.15) is 0 Å². The molecule has 2 heterocycles. The molecule has 2 aromatic carbocycles. The van der Waals surface area contributed by atoms with E-state index in [-0.39, 0.29) is 5.91 Å². The predicted octanol–water partition coefficient (Wildman–Crippen LogP) is 6.48. The van der Waals surface area contributed by atoms with E-state index in [1.54, 1.807) is 19.4 Å². The van der Waals surface area contributed by atoms with Gasteiger partial charge in [0, 0.05) is 41.2 Å². The van der Waals surface area contributed by atoms with Gasteiger partial charge in [-0.25, -0.2) is 0 Å². The normalized spacial score (nSPS) is 15.2. The van der Waals surface area contributed by atoms with E-state index in [1.165, 1.54) is 0 Å². The van der Waals surface area contributed by atoms with E-state index in [4.69, 9.17) is 13.9 Å². The molecule has 0 unspecified atom stereocenters. The summed E-state index contributed by atoms with van der Waals surface area (Å²) in [6.45, 7) is 10.4. The first-order valence-corrected chi connectivity index (χ1v) is 11.7. The fourth-order valence-electron chi connectivity index (χ4n) is 4.52. The van der Waals surface area contributed by atoms with E-state index in [0.29, 0.717) is 12.5 Å². The number of carbonyl (C=O) groups is 1. The lowest BCUT2D eigenvalue weighted by atomic mass is 9.96. The van der Waals surface area contributed by atoms with E-state index in [0.717, 1.165) is 76.2 Å². The van der Waals surface area contributed by atoms with E-state index in [9.17, 15) is 4.79 Å². The minimum Gasteiger partial charge on any atom is -0.497 e. The van der Waals surface area contributed by atoms with Gasteiger partial charge in [0.1, 0.15) is 17.1 Å². The molecule has 1 fully saturated rings. The number of carbonyl (C=O) groups excluding carboxylic acids is 1. The van der Waals surface area contributed by atoms with Crippen LogP contribution in [-0.2, 0) is 4.79 Å². The monoisotopic (exact) mass is 447 g/mol. The fraction of sp³-hybridized carbons (Fsp3) is 0.393. The van der Waals surface area contributed by atoms with Gasteiger partial charge in [0.25, 0.3) is 0 Å². The number of hydrogen-bond donors (Lipinski definition) is 0. The molecule has 1 aliphatic rings. The van der Waals surface area contributed by atoms with Gasteiger partial charge in [-0.1, -0.05) is 19.1 Å². The van der Waals surface area contributed by atoms with Gasteiger partial charge in [-0.3, -0.25) is 4.79 Å². The molecule has 4 rings (SSSR count). The van der Waals surface area contributed by atoms with Crippen molar-refractivity contribution >= 4 is 22.4 Å². The Kier molecular flexibility index (Phi) is 6.77. The summed E-state index contributed by atoms with van der Waals surface area (Å²) in [5, 5.41) is 1.00. The molecule has 1 aromatic heterocycles. The smallest absolute Gasteiger partial charge is 0.246 e. The SMILES string of the molecule is CCOc1c(/C(C)=C/C(=O)N2CCC(C)CC2)cc2c(-c3ccc(OC)cc3)coc2c1C. The molecule has 0 saturated carbocycles. The van der Waals surface area contributed by atoms with Crippen LogP contribution < -0.4 is 9.47 Å². The molecular weight excluding hydrogens is 414 g/mol. The first-order chi connectivity index (χ1) is 15.9. The standard InChI is InChI=1S/C28H33NO4/c1-6-32-27-20(4)28-24(25(17-33-28)21-7-9-22(31-5)10-8-21)16-23(27)19(3)15-26(30)29-13-11-18(2)12-14-29/h7-10,15-18H,6,11-14H2,1-5H3/b19-15+. The number of fused-ring (bicyclic) bond motifs is 1. The van der Waals surface area contributed by atoms with Gasteiger partial charge < -0.3 is 18.8 Å². The maximum Gasteiger partial charge on any atom is 0.246 e. The highest BCUT2D eigenvalue weighted by Crippen LogP contribution is 2.41. The molecule has 33 heavy (non-hydrogen) atoms. The zero-order valence-corrected chi connectivity index (χ0v) is 20.2. The Balaban J connectivity index is 1.77. The third-order valence-electron chi connectivity index (χ3n) is 6.59. The van der Waals surface area contributed by atoms with Crippen molar-refractivity contribution in [2.45, 2.75) is 40.5 Å². The Morgan fingerprint density at radius 2 is 1.91 bits per heavy atom.